The van der Waals surface area contributed by atoms with E-state index in [9.17, 15) is 14.4 Å². The molecule has 3 aromatic carbocycles. The van der Waals surface area contributed by atoms with Crippen molar-refractivity contribution >= 4 is 35.2 Å². The normalized spacial score (nSPS) is 26.4. The first-order valence-electron chi connectivity index (χ1n) is 12.4. The number of carbonyl (C=O) groups excluding carboxylic acids is 3. The molecule has 1 spiro atoms. The van der Waals surface area contributed by atoms with Crippen molar-refractivity contribution in [3.05, 3.63) is 96.1 Å². The van der Waals surface area contributed by atoms with Crippen LogP contribution in [0, 0.1) is 11.8 Å². The van der Waals surface area contributed by atoms with E-state index in [4.69, 9.17) is 4.74 Å². The molecule has 7 nitrogen and oxygen atoms in total. The molecule has 6 rings (SSSR count). The number of amides is 3. The number of ether oxygens (including phenoxy) is 1. The standard InChI is InChI=1S/C30H27N3O4/c1-19-25-26(28(35)33(27(25)34)23-16-8-9-17-24(23)37-2)30(31-19)21-14-6-7-15-22(21)32(29(30)36)18-10-13-20-11-4-3-5-12-20/h3-17,19,25-26,31H,18H2,1-2H3. The maximum atomic E-state index is 14.3. The van der Waals surface area contributed by atoms with E-state index in [0.717, 1.165) is 16.8 Å². The number of methoxy groups -OCH3 is 1. The topological polar surface area (TPSA) is 79.0 Å². The minimum Gasteiger partial charge on any atom is -0.495 e. The Kier molecular flexibility index (Phi) is 5.46. The van der Waals surface area contributed by atoms with Gasteiger partial charge in [-0.3, -0.25) is 19.7 Å². The Balaban J connectivity index is 1.41. The predicted molar refractivity (Wildman–Crippen MR) is 141 cm³/mol. The SMILES string of the molecule is COc1ccccc1N1C(=O)C2C(C)NC3(C(=O)N(CC=Cc4ccccc4)c4ccccc43)C2C1=O. The maximum Gasteiger partial charge on any atom is 0.253 e. The fourth-order valence-electron chi connectivity index (χ4n) is 6.20. The van der Waals surface area contributed by atoms with Gasteiger partial charge in [0.2, 0.25) is 11.8 Å². The molecular formula is C30H27N3O4. The molecule has 3 amide bonds. The Bertz CT molecular complexity index is 1440. The van der Waals surface area contributed by atoms with Crippen molar-refractivity contribution in [2.24, 2.45) is 11.8 Å². The summed E-state index contributed by atoms with van der Waals surface area (Å²) in [5, 5.41) is 3.42. The second kappa shape index (κ2) is 8.71. The molecule has 0 aromatic heterocycles. The van der Waals surface area contributed by atoms with Crippen LogP contribution in [0.1, 0.15) is 18.1 Å². The zero-order valence-electron chi connectivity index (χ0n) is 20.6. The fraction of sp³-hybridized carbons (Fsp3) is 0.233. The lowest BCUT2D eigenvalue weighted by atomic mass is 9.76. The van der Waals surface area contributed by atoms with Crippen LogP contribution < -0.4 is 19.9 Å². The van der Waals surface area contributed by atoms with Gasteiger partial charge in [-0.05, 0) is 30.7 Å². The lowest BCUT2D eigenvalue weighted by molar-refractivity contribution is -0.132. The minimum atomic E-state index is -1.31. The largest absolute Gasteiger partial charge is 0.495 e. The molecule has 37 heavy (non-hydrogen) atoms. The highest BCUT2D eigenvalue weighted by atomic mass is 16.5. The molecule has 0 bridgehead atoms. The molecule has 3 aliphatic rings. The minimum absolute atomic E-state index is 0.214. The molecule has 2 saturated heterocycles. The number of carbonyl (C=O) groups is 3. The molecule has 0 radical (unpaired) electrons. The van der Waals surface area contributed by atoms with Gasteiger partial charge in [-0.15, -0.1) is 0 Å². The van der Waals surface area contributed by atoms with Gasteiger partial charge < -0.3 is 9.64 Å². The number of rotatable bonds is 5. The first-order valence-corrected chi connectivity index (χ1v) is 12.4. The molecule has 2 fully saturated rings. The van der Waals surface area contributed by atoms with Gasteiger partial charge in [-0.1, -0.05) is 72.8 Å². The summed E-state index contributed by atoms with van der Waals surface area (Å²) in [6.45, 7) is 2.22. The van der Waals surface area contributed by atoms with E-state index in [1.807, 2.05) is 73.7 Å². The van der Waals surface area contributed by atoms with Crippen LogP contribution in [0.4, 0.5) is 11.4 Å². The van der Waals surface area contributed by atoms with E-state index in [1.54, 1.807) is 29.2 Å². The smallest absolute Gasteiger partial charge is 0.253 e. The van der Waals surface area contributed by atoms with E-state index in [0.29, 0.717) is 18.0 Å². The second-order valence-electron chi connectivity index (χ2n) is 9.67. The lowest BCUT2D eigenvalue weighted by Gasteiger charge is -2.30. The molecule has 3 heterocycles. The maximum absolute atomic E-state index is 14.3. The van der Waals surface area contributed by atoms with Crippen LogP contribution >= 0.6 is 0 Å². The molecule has 0 aliphatic carbocycles. The van der Waals surface area contributed by atoms with Gasteiger partial charge in [0.25, 0.3) is 5.91 Å². The van der Waals surface area contributed by atoms with Crippen LogP contribution in [0.15, 0.2) is 84.9 Å². The van der Waals surface area contributed by atoms with Crippen molar-refractivity contribution in [1.29, 1.82) is 0 Å². The predicted octanol–water partition coefficient (Wildman–Crippen LogP) is 3.75. The Morgan fingerprint density at radius 3 is 2.32 bits per heavy atom. The van der Waals surface area contributed by atoms with E-state index < -0.39 is 17.4 Å². The van der Waals surface area contributed by atoms with Crippen LogP contribution in [0.2, 0.25) is 0 Å². The number of nitrogens with zero attached hydrogens (tertiary/aromatic N) is 2. The molecule has 4 atom stereocenters. The summed E-state index contributed by atoms with van der Waals surface area (Å²) in [7, 11) is 1.51. The van der Waals surface area contributed by atoms with Crippen molar-refractivity contribution in [2.75, 3.05) is 23.5 Å². The molecule has 7 heteroatoms. The van der Waals surface area contributed by atoms with E-state index in [1.165, 1.54) is 12.0 Å². The summed E-state index contributed by atoms with van der Waals surface area (Å²) >= 11 is 0. The number of fused-ring (bicyclic) bond motifs is 4. The molecule has 0 saturated carbocycles. The number of benzene rings is 3. The number of para-hydroxylation sites is 3. The monoisotopic (exact) mass is 493 g/mol. The molecule has 186 valence electrons. The highest BCUT2D eigenvalue weighted by molar-refractivity contribution is 6.26. The van der Waals surface area contributed by atoms with Crippen LogP contribution in [0.3, 0.4) is 0 Å². The first-order chi connectivity index (χ1) is 18.0. The Labute approximate surface area is 215 Å². The van der Waals surface area contributed by atoms with Crippen molar-refractivity contribution in [1.82, 2.24) is 5.32 Å². The summed E-state index contributed by atoms with van der Waals surface area (Å²) in [5.41, 5.74) is 1.61. The summed E-state index contributed by atoms with van der Waals surface area (Å²) in [6, 6.07) is 24.0. The second-order valence-corrected chi connectivity index (χ2v) is 9.67. The number of anilines is 2. The summed E-state index contributed by atoms with van der Waals surface area (Å²) < 4.78 is 5.45. The van der Waals surface area contributed by atoms with E-state index >= 15 is 0 Å². The Morgan fingerprint density at radius 1 is 0.892 bits per heavy atom. The van der Waals surface area contributed by atoms with Gasteiger partial charge in [0.1, 0.15) is 11.3 Å². The van der Waals surface area contributed by atoms with Crippen molar-refractivity contribution in [2.45, 2.75) is 18.5 Å². The molecular weight excluding hydrogens is 466 g/mol. The third-order valence-electron chi connectivity index (χ3n) is 7.74. The van der Waals surface area contributed by atoms with Crippen molar-refractivity contribution in [3.63, 3.8) is 0 Å². The molecule has 3 aliphatic heterocycles. The fourth-order valence-corrected chi connectivity index (χ4v) is 6.20. The molecule has 4 unspecified atom stereocenters. The number of imide groups is 1. The summed E-state index contributed by atoms with van der Waals surface area (Å²) in [4.78, 5) is 45.0. The van der Waals surface area contributed by atoms with Crippen LogP contribution in [-0.4, -0.2) is 37.4 Å². The van der Waals surface area contributed by atoms with Crippen molar-refractivity contribution < 1.29 is 19.1 Å². The summed E-state index contributed by atoms with van der Waals surface area (Å²) in [6.07, 6.45) is 3.92. The number of nitrogens with one attached hydrogen (secondary N) is 1. The highest BCUT2D eigenvalue weighted by Crippen LogP contribution is 2.55. The van der Waals surface area contributed by atoms with Gasteiger partial charge >= 0.3 is 0 Å². The Hall–Kier alpha value is -4.23. The summed E-state index contributed by atoms with van der Waals surface area (Å²) in [5.74, 6) is -2.02. The number of hydrogen-bond donors (Lipinski definition) is 1. The highest BCUT2D eigenvalue weighted by Gasteiger charge is 2.71. The first kappa shape index (κ1) is 23.2. The van der Waals surface area contributed by atoms with Gasteiger partial charge in [0, 0.05) is 23.8 Å². The quantitative estimate of drug-likeness (QED) is 0.548. The van der Waals surface area contributed by atoms with Crippen LogP contribution in [0.5, 0.6) is 5.75 Å². The third kappa shape index (κ3) is 3.27. The average molecular weight is 494 g/mol. The van der Waals surface area contributed by atoms with Crippen molar-refractivity contribution in [3.8, 4) is 5.75 Å². The van der Waals surface area contributed by atoms with Gasteiger partial charge in [-0.2, -0.15) is 0 Å². The molecule has 3 aromatic rings. The Morgan fingerprint density at radius 2 is 1.57 bits per heavy atom. The lowest BCUT2D eigenvalue weighted by Crippen LogP contribution is -2.55. The van der Waals surface area contributed by atoms with E-state index in [-0.39, 0.29) is 23.8 Å². The third-order valence-corrected chi connectivity index (χ3v) is 7.74. The number of hydrogen-bond acceptors (Lipinski definition) is 5. The average Bonchev–Trinajstić information content (AvgIpc) is 3.47. The van der Waals surface area contributed by atoms with E-state index in [2.05, 4.69) is 5.32 Å². The van der Waals surface area contributed by atoms with Crippen LogP contribution in [-0.2, 0) is 19.9 Å². The van der Waals surface area contributed by atoms with Gasteiger partial charge in [0.05, 0.1) is 24.6 Å². The van der Waals surface area contributed by atoms with Gasteiger partial charge in [0.15, 0.2) is 0 Å². The molecule has 1 N–H and O–H groups in total. The van der Waals surface area contributed by atoms with Crippen LogP contribution in [0.25, 0.3) is 6.08 Å². The zero-order chi connectivity index (χ0) is 25.7. The zero-order valence-corrected chi connectivity index (χ0v) is 20.6. The van der Waals surface area contributed by atoms with Gasteiger partial charge in [-0.25, -0.2) is 4.90 Å².